The van der Waals surface area contributed by atoms with Crippen LogP contribution in [-0.4, -0.2) is 11.9 Å². The minimum Gasteiger partial charge on any atom is -0.396 e. The highest BCUT2D eigenvalue weighted by Gasteiger charge is 2.16. The highest BCUT2D eigenvalue weighted by atomic mass is 35.5. The summed E-state index contributed by atoms with van der Waals surface area (Å²) in [4.78, 5) is 23.4. The van der Waals surface area contributed by atoms with Gasteiger partial charge >= 0.3 is 6.03 Å². The zero-order valence-corrected chi connectivity index (χ0v) is 11.7. The van der Waals surface area contributed by atoms with E-state index in [1.807, 2.05) is 5.32 Å². The van der Waals surface area contributed by atoms with E-state index in [0.29, 0.717) is 0 Å². The van der Waals surface area contributed by atoms with Crippen LogP contribution in [0.4, 0.5) is 25.0 Å². The van der Waals surface area contributed by atoms with Crippen molar-refractivity contribution in [2.75, 3.05) is 11.1 Å². The van der Waals surface area contributed by atoms with E-state index in [9.17, 15) is 18.4 Å². The van der Waals surface area contributed by atoms with Crippen molar-refractivity contribution in [3.8, 4) is 0 Å². The minimum absolute atomic E-state index is 0.111. The van der Waals surface area contributed by atoms with Gasteiger partial charge in [-0.15, -0.1) is 0 Å². The number of nitrogen functional groups attached to an aromatic ring is 1. The topological polar surface area (TPSA) is 84.2 Å². The van der Waals surface area contributed by atoms with Crippen molar-refractivity contribution in [1.82, 2.24) is 5.32 Å². The molecular weight excluding hydrogens is 316 g/mol. The van der Waals surface area contributed by atoms with Crippen LogP contribution in [0.1, 0.15) is 10.4 Å². The molecule has 0 aliphatic carbocycles. The third-order valence-corrected chi connectivity index (χ3v) is 2.91. The first-order chi connectivity index (χ1) is 10.4. The van der Waals surface area contributed by atoms with Gasteiger partial charge in [0.2, 0.25) is 0 Å². The van der Waals surface area contributed by atoms with Crippen molar-refractivity contribution in [3.05, 3.63) is 58.6 Å². The summed E-state index contributed by atoms with van der Waals surface area (Å²) < 4.78 is 27.1. The summed E-state index contributed by atoms with van der Waals surface area (Å²) in [6.45, 7) is 0. The maximum atomic E-state index is 13.6. The summed E-state index contributed by atoms with van der Waals surface area (Å²) >= 11 is 5.56. The second kappa shape index (κ2) is 6.40. The number of urea groups is 1. The first-order valence-corrected chi connectivity index (χ1v) is 6.37. The molecule has 0 aliphatic rings. The van der Waals surface area contributed by atoms with Gasteiger partial charge in [0.25, 0.3) is 5.91 Å². The molecule has 0 radical (unpaired) electrons. The van der Waals surface area contributed by atoms with Crippen molar-refractivity contribution < 1.29 is 18.4 Å². The number of amides is 3. The van der Waals surface area contributed by atoms with Gasteiger partial charge in [0.15, 0.2) is 5.82 Å². The molecule has 2 aromatic rings. The Morgan fingerprint density at radius 1 is 1.14 bits per heavy atom. The SMILES string of the molecule is Nc1cccc(NC(=O)NC(=O)c2ccc(Cl)cc2F)c1F. The number of halogens is 3. The standard InChI is InChI=1S/C14H10ClF2N3O2/c15-7-4-5-8(9(16)6-7)13(21)20-14(22)19-11-3-1-2-10(18)12(11)17/h1-6H,18H2,(H2,19,20,21,22). The van der Waals surface area contributed by atoms with Gasteiger partial charge in [-0.05, 0) is 30.3 Å². The molecule has 2 aromatic carbocycles. The van der Waals surface area contributed by atoms with E-state index in [1.165, 1.54) is 24.3 Å². The molecule has 0 aliphatic heterocycles. The smallest absolute Gasteiger partial charge is 0.326 e. The number of nitrogens with two attached hydrogens (primary N) is 1. The predicted molar refractivity (Wildman–Crippen MR) is 78.7 cm³/mol. The average molecular weight is 326 g/mol. The Labute approximate surface area is 129 Å². The summed E-state index contributed by atoms with van der Waals surface area (Å²) in [5.41, 5.74) is 4.61. The molecule has 0 heterocycles. The van der Waals surface area contributed by atoms with Crippen molar-refractivity contribution >= 4 is 34.9 Å². The molecule has 0 spiro atoms. The monoisotopic (exact) mass is 325 g/mol. The third kappa shape index (κ3) is 3.50. The Kier molecular flexibility index (Phi) is 4.57. The van der Waals surface area contributed by atoms with Crippen LogP contribution in [0.25, 0.3) is 0 Å². The lowest BCUT2D eigenvalue weighted by Crippen LogP contribution is -2.35. The van der Waals surface area contributed by atoms with Crippen LogP contribution in [0.15, 0.2) is 36.4 Å². The van der Waals surface area contributed by atoms with Gasteiger partial charge in [-0.3, -0.25) is 10.1 Å². The number of anilines is 2. The first-order valence-electron chi connectivity index (χ1n) is 6.00. The Hall–Kier alpha value is -2.67. The molecule has 5 nitrogen and oxygen atoms in total. The lowest BCUT2D eigenvalue weighted by atomic mass is 10.2. The molecule has 0 aromatic heterocycles. The average Bonchev–Trinajstić information content (AvgIpc) is 2.43. The summed E-state index contributed by atoms with van der Waals surface area (Å²) in [5.74, 6) is -2.70. The van der Waals surface area contributed by atoms with Crippen LogP contribution >= 0.6 is 11.6 Å². The summed E-state index contributed by atoms with van der Waals surface area (Å²) in [7, 11) is 0. The normalized spacial score (nSPS) is 10.1. The fourth-order valence-corrected chi connectivity index (χ4v) is 1.80. The molecule has 2 rings (SSSR count). The van der Waals surface area contributed by atoms with Crippen LogP contribution in [-0.2, 0) is 0 Å². The van der Waals surface area contributed by atoms with Crippen LogP contribution in [0.3, 0.4) is 0 Å². The van der Waals surface area contributed by atoms with Crippen molar-refractivity contribution in [2.24, 2.45) is 0 Å². The van der Waals surface area contributed by atoms with Crippen molar-refractivity contribution in [3.63, 3.8) is 0 Å². The maximum absolute atomic E-state index is 13.6. The fourth-order valence-electron chi connectivity index (χ4n) is 1.64. The largest absolute Gasteiger partial charge is 0.396 e. The zero-order chi connectivity index (χ0) is 16.3. The molecule has 0 bridgehead atoms. The zero-order valence-electron chi connectivity index (χ0n) is 11.0. The van der Waals surface area contributed by atoms with Crippen LogP contribution in [0.2, 0.25) is 5.02 Å². The number of hydrogen-bond acceptors (Lipinski definition) is 3. The third-order valence-electron chi connectivity index (χ3n) is 2.68. The predicted octanol–water partition coefficient (Wildman–Crippen LogP) is 3.16. The van der Waals surface area contributed by atoms with Crippen molar-refractivity contribution in [2.45, 2.75) is 0 Å². The molecule has 114 valence electrons. The van der Waals surface area contributed by atoms with Gasteiger partial charge in [0.1, 0.15) is 5.82 Å². The van der Waals surface area contributed by atoms with E-state index in [4.69, 9.17) is 17.3 Å². The van der Waals surface area contributed by atoms with Crippen LogP contribution < -0.4 is 16.4 Å². The quantitative estimate of drug-likeness (QED) is 0.741. The second-order valence-electron chi connectivity index (χ2n) is 4.24. The second-order valence-corrected chi connectivity index (χ2v) is 4.68. The van der Waals surface area contributed by atoms with Crippen LogP contribution in [0.5, 0.6) is 0 Å². The molecule has 4 N–H and O–H groups in total. The van der Waals surface area contributed by atoms with Gasteiger partial charge in [-0.1, -0.05) is 17.7 Å². The number of hydrogen-bond donors (Lipinski definition) is 3. The number of nitrogens with one attached hydrogen (secondary N) is 2. The lowest BCUT2D eigenvalue weighted by molar-refractivity contribution is 0.0963. The van der Waals surface area contributed by atoms with Crippen molar-refractivity contribution in [1.29, 1.82) is 0 Å². The van der Waals surface area contributed by atoms with E-state index < -0.39 is 23.6 Å². The van der Waals surface area contributed by atoms with Gasteiger partial charge in [-0.2, -0.15) is 0 Å². The van der Waals surface area contributed by atoms with Gasteiger partial charge in [0, 0.05) is 5.02 Å². The molecular formula is C14H10ClF2N3O2. The number of carbonyl (C=O) groups is 2. The van der Waals surface area contributed by atoms with E-state index in [2.05, 4.69) is 5.32 Å². The Balaban J connectivity index is 2.08. The highest BCUT2D eigenvalue weighted by Crippen LogP contribution is 2.19. The summed E-state index contributed by atoms with van der Waals surface area (Å²) in [6, 6.07) is 6.34. The number of carbonyl (C=O) groups excluding carboxylic acids is 2. The molecule has 8 heteroatoms. The summed E-state index contributed by atoms with van der Waals surface area (Å²) in [6.07, 6.45) is 0. The van der Waals surface area contributed by atoms with E-state index in [0.717, 1.165) is 12.1 Å². The highest BCUT2D eigenvalue weighted by molar-refractivity contribution is 6.30. The Morgan fingerprint density at radius 2 is 1.86 bits per heavy atom. The Morgan fingerprint density at radius 3 is 2.55 bits per heavy atom. The first kappa shape index (κ1) is 15.7. The Bertz CT molecular complexity index is 753. The molecule has 0 saturated carbocycles. The minimum atomic E-state index is -1.02. The fraction of sp³-hybridized carbons (Fsp3) is 0. The molecule has 3 amide bonds. The number of rotatable bonds is 2. The molecule has 0 saturated heterocycles. The molecule has 0 fully saturated rings. The molecule has 0 unspecified atom stereocenters. The van der Waals surface area contributed by atoms with Crippen LogP contribution in [0, 0.1) is 11.6 Å². The van der Waals surface area contributed by atoms with Gasteiger partial charge < -0.3 is 11.1 Å². The van der Waals surface area contributed by atoms with Gasteiger partial charge in [-0.25, -0.2) is 13.6 Å². The lowest BCUT2D eigenvalue weighted by Gasteiger charge is -2.09. The van der Waals surface area contributed by atoms with E-state index in [1.54, 1.807) is 0 Å². The number of benzene rings is 2. The summed E-state index contributed by atoms with van der Waals surface area (Å²) in [5, 5.41) is 4.09. The van der Waals surface area contributed by atoms with E-state index >= 15 is 0 Å². The maximum Gasteiger partial charge on any atom is 0.326 e. The van der Waals surface area contributed by atoms with Gasteiger partial charge in [0.05, 0.1) is 16.9 Å². The molecule has 0 atom stereocenters. The molecule has 22 heavy (non-hydrogen) atoms. The van der Waals surface area contributed by atoms with E-state index in [-0.39, 0.29) is 22.0 Å². The number of imide groups is 1.